The van der Waals surface area contributed by atoms with Crippen molar-refractivity contribution in [1.29, 1.82) is 0 Å². The Kier molecular flexibility index (Phi) is 9.39. The summed E-state index contributed by atoms with van der Waals surface area (Å²) in [6.07, 6.45) is -20.4. The van der Waals surface area contributed by atoms with Gasteiger partial charge in [-0.15, -0.1) is 0 Å². The Morgan fingerprint density at radius 1 is 0.615 bits per heavy atom. The summed E-state index contributed by atoms with van der Waals surface area (Å²) in [4.78, 5) is 74.7. The maximum Gasteiger partial charge on any atom is 0.340 e. The Morgan fingerprint density at radius 3 is 1.79 bits per heavy atom. The van der Waals surface area contributed by atoms with E-state index in [2.05, 4.69) is 0 Å². The predicted octanol–water partition coefficient (Wildman–Crippen LogP) is -2.85. The van der Waals surface area contributed by atoms with E-state index in [0.29, 0.717) is 30.3 Å². The van der Waals surface area contributed by atoms with E-state index in [1.807, 2.05) is 0 Å². The molecule has 15 atom stereocenters. The summed E-state index contributed by atoms with van der Waals surface area (Å²) < 4.78 is 59.1. The van der Waals surface area contributed by atoms with Crippen LogP contribution in [0.1, 0.15) is 59.3 Å². The molecule has 2 aliphatic carbocycles. The average molecular weight is 1100 g/mol. The van der Waals surface area contributed by atoms with Crippen LogP contribution in [-0.4, -0.2) is 202 Å². The van der Waals surface area contributed by atoms with Crippen molar-refractivity contribution in [1.82, 2.24) is 0 Å². The van der Waals surface area contributed by atoms with Gasteiger partial charge in [-0.2, -0.15) is 0 Å². The molecule has 7 bridgehead atoms. The number of cyclic esters (lactones) is 1. The number of phenolic OH excluding ortho intramolecular Hbond substituents is 11. The van der Waals surface area contributed by atoms with Crippen LogP contribution < -0.4 is 4.74 Å². The van der Waals surface area contributed by atoms with Crippen LogP contribution >= 0.6 is 0 Å². The largest absolute Gasteiger partial charge is 0.504 e. The second-order valence-corrected chi connectivity index (χ2v) is 19.9. The number of carbonyl (C=O) groups excluding carboxylic acids is 5. The normalized spacial score (nSPS) is 38.1. The first kappa shape index (κ1) is 49.1. The van der Waals surface area contributed by atoms with E-state index in [9.17, 15) is 91.3 Å². The Hall–Kier alpha value is -8.53. The quantitative estimate of drug-likeness (QED) is 0.0546. The minimum Gasteiger partial charge on any atom is -0.504 e. The molecule has 31 heteroatoms. The van der Waals surface area contributed by atoms with Gasteiger partial charge in [-0.3, -0.25) is 4.79 Å². The SMILES string of the molecule is O=C(OC1OC2COC(=O)c3cc(O)c(O)c(O)c3-c3c(cc(O)c(O)c3O)C(=O)OC3C2OC(=O)C24CC56O[C@@H]2C2(OC[C@H](O)C2O)O[C@]5(O)C2(O)Oc5c(O)c(O)cc(c5[C@@H]4[C@@]26O)C(=O)OC13)c1cc(O)c(O)c(O)c1. The number of ether oxygens (including phenoxy) is 10. The van der Waals surface area contributed by atoms with Gasteiger partial charge in [-0.25, -0.2) is 19.2 Å². The van der Waals surface area contributed by atoms with Gasteiger partial charge in [-0.05, 0) is 30.3 Å². The fourth-order valence-electron chi connectivity index (χ4n) is 12.8. The summed E-state index contributed by atoms with van der Waals surface area (Å²) in [5, 5.41) is 179. The van der Waals surface area contributed by atoms with Gasteiger partial charge in [0.05, 0.1) is 28.9 Å². The zero-order chi connectivity index (χ0) is 55.8. The number of hydrogen-bond donors (Lipinski definition) is 16. The van der Waals surface area contributed by atoms with E-state index in [1.165, 1.54) is 0 Å². The van der Waals surface area contributed by atoms with E-state index < -0.39 is 246 Å². The molecule has 6 fully saturated rings. The van der Waals surface area contributed by atoms with E-state index in [0.717, 1.165) is 0 Å². The highest BCUT2D eigenvalue weighted by Gasteiger charge is 3.09. The molecule has 9 aliphatic rings. The first-order chi connectivity index (χ1) is 36.6. The molecule has 7 aliphatic heterocycles. The molecular weight excluding hydrogens is 1060 g/mol. The van der Waals surface area contributed by atoms with Crippen molar-refractivity contribution in [3.05, 3.63) is 58.1 Å². The van der Waals surface area contributed by atoms with Crippen LogP contribution in [0.4, 0.5) is 0 Å². The molecule has 4 saturated heterocycles. The zero-order valence-corrected chi connectivity index (χ0v) is 38.5. The molecule has 0 amide bonds. The van der Waals surface area contributed by atoms with Crippen molar-refractivity contribution in [2.24, 2.45) is 5.41 Å². The van der Waals surface area contributed by atoms with E-state index in [4.69, 9.17) is 47.4 Å². The summed E-state index contributed by atoms with van der Waals surface area (Å²) in [6.45, 7) is -2.20. The van der Waals surface area contributed by atoms with Crippen LogP contribution in [0.5, 0.6) is 69.0 Å². The third kappa shape index (κ3) is 5.33. The molecule has 16 N–H and O–H groups in total. The van der Waals surface area contributed by atoms with Crippen LogP contribution in [0, 0.1) is 5.41 Å². The van der Waals surface area contributed by atoms with Crippen LogP contribution in [0.25, 0.3) is 11.1 Å². The standard InChI is InChI=1S/C47H36O31/c48-13-1-9(2-14(49)23(13)54)35(61)75-39-32-31-29(19(71-39)7-69-36(62)10-3-15(50)24(55)27(58)20(10)21-11(37(63)72-31)4-16(51)25(56)28(21)59)74-41(65)42-8-43-45(66)33(42)22-12(38(64)73-32)5-17(52)26(57)30(22)76-47(45,68)46(43,67)78-44(40(42)77-43)34(60)18(53)6-70-44/h1-5,18-19,29,31-34,39-40,48-60,66-68H,6-8H2/t18-,19?,29?,31?,32?,33-,34?,39?,40-,42?,43?,44?,45-,46-,47?/m0/s1. The first-order valence-electron chi connectivity index (χ1n) is 22.9. The van der Waals surface area contributed by atoms with Gasteiger partial charge in [0, 0.05) is 29.0 Å². The fourth-order valence-corrected chi connectivity index (χ4v) is 12.8. The molecule has 78 heavy (non-hydrogen) atoms. The molecule has 410 valence electrons. The number of benzene rings is 4. The third-order valence-corrected chi connectivity index (χ3v) is 16.2. The lowest BCUT2D eigenvalue weighted by molar-refractivity contribution is -0.619. The fraction of sp³-hybridized carbons (Fsp3) is 0.383. The van der Waals surface area contributed by atoms with Crippen LogP contribution in [0.3, 0.4) is 0 Å². The molecule has 4 aromatic rings. The first-order valence-corrected chi connectivity index (χ1v) is 22.9. The van der Waals surface area contributed by atoms with Gasteiger partial charge < -0.3 is 129 Å². The van der Waals surface area contributed by atoms with Crippen molar-refractivity contribution in [2.45, 2.75) is 89.9 Å². The molecule has 13 rings (SSSR count). The van der Waals surface area contributed by atoms with Gasteiger partial charge in [0.15, 0.2) is 75.2 Å². The Morgan fingerprint density at radius 2 is 1.18 bits per heavy atom. The van der Waals surface area contributed by atoms with Gasteiger partial charge in [0.25, 0.3) is 11.6 Å². The minimum atomic E-state index is -3.69. The van der Waals surface area contributed by atoms with E-state index in [1.54, 1.807) is 0 Å². The molecule has 2 saturated carbocycles. The molecule has 10 unspecified atom stereocenters. The Balaban J connectivity index is 1.06. The Bertz CT molecular complexity index is 3480. The molecule has 0 radical (unpaired) electrons. The summed E-state index contributed by atoms with van der Waals surface area (Å²) in [7, 11) is 0. The highest BCUT2D eigenvalue weighted by Crippen LogP contribution is 2.87. The summed E-state index contributed by atoms with van der Waals surface area (Å²) in [5.41, 5.74) is -16.2. The van der Waals surface area contributed by atoms with Gasteiger partial charge in [-0.1, -0.05) is 0 Å². The molecular formula is C47H36O31. The highest BCUT2D eigenvalue weighted by atomic mass is 16.9. The van der Waals surface area contributed by atoms with Gasteiger partial charge in [0.2, 0.25) is 35.4 Å². The van der Waals surface area contributed by atoms with E-state index >= 15 is 14.4 Å². The second-order valence-electron chi connectivity index (χ2n) is 19.9. The van der Waals surface area contributed by atoms with Crippen LogP contribution in [-0.2, 0) is 47.4 Å². The molecule has 0 aromatic heterocycles. The van der Waals surface area contributed by atoms with Crippen molar-refractivity contribution in [2.75, 3.05) is 13.2 Å². The Labute approximate surface area is 429 Å². The zero-order valence-electron chi connectivity index (χ0n) is 38.5. The molecule has 31 nitrogen and oxygen atoms in total. The average Bonchev–Trinajstić information content (AvgIpc) is 1.36. The number of phenols is 11. The lowest BCUT2D eigenvalue weighted by atomic mass is 9.48. The van der Waals surface area contributed by atoms with Crippen molar-refractivity contribution in [3.8, 4) is 80.1 Å². The van der Waals surface area contributed by atoms with E-state index in [-0.39, 0.29) is 0 Å². The van der Waals surface area contributed by atoms with Crippen molar-refractivity contribution < 1.29 is 153 Å². The number of esters is 5. The number of hydrogen-bond acceptors (Lipinski definition) is 31. The highest BCUT2D eigenvalue weighted by molar-refractivity contribution is 6.08. The maximum absolute atomic E-state index is 16.1. The minimum absolute atomic E-state index is 0.366. The van der Waals surface area contributed by atoms with Crippen molar-refractivity contribution >= 4 is 29.8 Å². The summed E-state index contributed by atoms with van der Waals surface area (Å²) >= 11 is 0. The lowest BCUT2D eigenvalue weighted by Crippen LogP contribution is -3.02. The number of carbonyl (C=O) groups is 5. The summed E-state index contributed by atoms with van der Waals surface area (Å²) in [6, 6.07) is 2.42. The van der Waals surface area contributed by atoms with Crippen molar-refractivity contribution in [3.63, 3.8) is 0 Å². The van der Waals surface area contributed by atoms with Crippen LogP contribution in [0.15, 0.2) is 30.3 Å². The van der Waals surface area contributed by atoms with Gasteiger partial charge in [0.1, 0.15) is 36.4 Å². The molecule has 4 aromatic carbocycles. The topological polar surface area (TPSA) is 501 Å². The van der Waals surface area contributed by atoms with Crippen LogP contribution in [0.2, 0.25) is 0 Å². The monoisotopic (exact) mass is 1100 g/mol. The summed E-state index contributed by atoms with van der Waals surface area (Å²) in [5.74, 6) is -36.9. The number of aromatic hydroxyl groups is 11. The third-order valence-electron chi connectivity index (χ3n) is 16.2. The lowest BCUT2D eigenvalue weighted by Gasteiger charge is -2.76. The number of aliphatic hydroxyl groups is 5. The molecule has 7 heterocycles. The van der Waals surface area contributed by atoms with Gasteiger partial charge >= 0.3 is 29.8 Å². The molecule has 3 spiro atoms. The number of fused-ring (bicyclic) bond motifs is 6. The predicted molar refractivity (Wildman–Crippen MR) is 230 cm³/mol. The maximum atomic E-state index is 16.1. The smallest absolute Gasteiger partial charge is 0.340 e. The number of rotatable bonds is 2. The number of aliphatic hydroxyl groups excluding tert-OH is 2. The second kappa shape index (κ2) is 14.9.